The number of hydrogen-bond donors (Lipinski definition) is 4. The number of amides is 1. The van der Waals surface area contributed by atoms with Crippen molar-refractivity contribution in [2.45, 2.75) is 0 Å². The van der Waals surface area contributed by atoms with Crippen LogP contribution in [0, 0.1) is 0 Å². The van der Waals surface area contributed by atoms with E-state index in [4.69, 9.17) is 11.5 Å². The van der Waals surface area contributed by atoms with E-state index in [0.717, 1.165) is 10.9 Å². The Balaban J connectivity index is 1.89. The topological polar surface area (TPSA) is 110 Å². The highest BCUT2D eigenvalue weighted by Gasteiger charge is 2.08. The van der Waals surface area contributed by atoms with Gasteiger partial charge in [0.15, 0.2) is 5.82 Å². The Bertz CT molecular complexity index is 793. The Kier molecular flexibility index (Phi) is 2.76. The summed E-state index contributed by atoms with van der Waals surface area (Å²) in [5.74, 6) is 0.179. The van der Waals surface area contributed by atoms with Crippen LogP contribution in [0.3, 0.4) is 0 Å². The van der Waals surface area contributed by atoms with E-state index in [1.807, 2.05) is 6.07 Å². The number of H-pyrrole nitrogens is 1. The molecule has 0 saturated carbocycles. The van der Waals surface area contributed by atoms with E-state index in [1.165, 1.54) is 0 Å². The zero-order valence-electron chi connectivity index (χ0n) is 10.6. The van der Waals surface area contributed by atoms with Gasteiger partial charge in [-0.25, -0.2) is 0 Å². The van der Waals surface area contributed by atoms with Gasteiger partial charge in [-0.2, -0.15) is 5.10 Å². The number of rotatable bonds is 2. The molecule has 100 valence electrons. The van der Waals surface area contributed by atoms with Gasteiger partial charge in [0.2, 0.25) is 0 Å². The van der Waals surface area contributed by atoms with Crippen LogP contribution >= 0.6 is 0 Å². The first kappa shape index (κ1) is 12.0. The van der Waals surface area contributed by atoms with Gasteiger partial charge < -0.3 is 16.8 Å². The molecule has 6 heteroatoms. The Hall–Kier alpha value is -3.02. The van der Waals surface area contributed by atoms with Crippen molar-refractivity contribution >= 4 is 34.0 Å². The summed E-state index contributed by atoms with van der Waals surface area (Å²) < 4.78 is 0. The molecule has 0 aliphatic rings. The van der Waals surface area contributed by atoms with Crippen LogP contribution in [-0.2, 0) is 0 Å². The van der Waals surface area contributed by atoms with Gasteiger partial charge in [0.1, 0.15) is 0 Å². The molecule has 6 nitrogen and oxygen atoms in total. The molecule has 0 bridgehead atoms. The van der Waals surface area contributed by atoms with Crippen molar-refractivity contribution < 1.29 is 4.79 Å². The SMILES string of the molecule is Nc1cccc(C(=O)Nc2ccc3[nH]nc(N)c3c2)c1. The van der Waals surface area contributed by atoms with Crippen molar-refractivity contribution in [3.63, 3.8) is 0 Å². The molecule has 0 radical (unpaired) electrons. The second kappa shape index (κ2) is 4.58. The monoisotopic (exact) mass is 267 g/mol. The zero-order valence-corrected chi connectivity index (χ0v) is 10.6. The number of hydrogen-bond acceptors (Lipinski definition) is 4. The number of nitrogens with one attached hydrogen (secondary N) is 2. The summed E-state index contributed by atoms with van der Waals surface area (Å²) in [6, 6.07) is 12.2. The lowest BCUT2D eigenvalue weighted by Crippen LogP contribution is -2.12. The normalized spacial score (nSPS) is 10.6. The minimum atomic E-state index is -0.223. The zero-order chi connectivity index (χ0) is 14.1. The van der Waals surface area contributed by atoms with Crippen LogP contribution in [0.2, 0.25) is 0 Å². The largest absolute Gasteiger partial charge is 0.399 e. The van der Waals surface area contributed by atoms with E-state index in [1.54, 1.807) is 36.4 Å². The highest BCUT2D eigenvalue weighted by molar-refractivity contribution is 6.06. The maximum atomic E-state index is 12.1. The van der Waals surface area contributed by atoms with Crippen LogP contribution in [0.4, 0.5) is 17.2 Å². The average Bonchev–Trinajstić information content (AvgIpc) is 2.80. The molecular formula is C14H13N5O. The minimum absolute atomic E-state index is 0.223. The summed E-state index contributed by atoms with van der Waals surface area (Å²) in [7, 11) is 0. The van der Waals surface area contributed by atoms with Crippen molar-refractivity contribution in [3.8, 4) is 0 Å². The Morgan fingerprint density at radius 1 is 1.15 bits per heavy atom. The maximum absolute atomic E-state index is 12.1. The fourth-order valence-corrected chi connectivity index (χ4v) is 2.00. The number of fused-ring (bicyclic) bond motifs is 1. The lowest BCUT2D eigenvalue weighted by molar-refractivity contribution is 0.102. The predicted molar refractivity (Wildman–Crippen MR) is 79.3 cm³/mol. The second-order valence-corrected chi connectivity index (χ2v) is 4.45. The van der Waals surface area contributed by atoms with E-state index < -0.39 is 0 Å². The Morgan fingerprint density at radius 2 is 2.00 bits per heavy atom. The summed E-state index contributed by atoms with van der Waals surface area (Å²) >= 11 is 0. The van der Waals surface area contributed by atoms with Gasteiger partial charge in [0, 0.05) is 22.3 Å². The van der Waals surface area contributed by atoms with Crippen molar-refractivity contribution in [2.75, 3.05) is 16.8 Å². The van der Waals surface area contributed by atoms with Crippen molar-refractivity contribution in [1.82, 2.24) is 10.2 Å². The fraction of sp³-hybridized carbons (Fsp3) is 0. The van der Waals surface area contributed by atoms with E-state index in [9.17, 15) is 4.79 Å². The summed E-state index contributed by atoms with van der Waals surface area (Å²) in [5, 5.41) is 10.3. The van der Waals surface area contributed by atoms with E-state index in [2.05, 4.69) is 15.5 Å². The molecule has 0 saturated heterocycles. The van der Waals surface area contributed by atoms with Crippen LogP contribution in [0.5, 0.6) is 0 Å². The molecule has 0 aliphatic heterocycles. The second-order valence-electron chi connectivity index (χ2n) is 4.45. The van der Waals surface area contributed by atoms with Crippen molar-refractivity contribution in [2.24, 2.45) is 0 Å². The van der Waals surface area contributed by atoms with Gasteiger partial charge in [0.05, 0.1) is 5.52 Å². The first-order chi connectivity index (χ1) is 9.63. The number of anilines is 3. The third-order valence-electron chi connectivity index (χ3n) is 3.00. The molecule has 2 aromatic carbocycles. The average molecular weight is 267 g/mol. The van der Waals surface area contributed by atoms with Gasteiger partial charge in [-0.05, 0) is 36.4 Å². The lowest BCUT2D eigenvalue weighted by Gasteiger charge is -2.06. The smallest absolute Gasteiger partial charge is 0.255 e. The Labute approximate surface area is 114 Å². The Morgan fingerprint density at radius 3 is 2.80 bits per heavy atom. The van der Waals surface area contributed by atoms with Crippen LogP contribution < -0.4 is 16.8 Å². The van der Waals surface area contributed by atoms with Gasteiger partial charge >= 0.3 is 0 Å². The molecule has 1 aromatic heterocycles. The molecule has 20 heavy (non-hydrogen) atoms. The fourth-order valence-electron chi connectivity index (χ4n) is 2.00. The van der Waals surface area contributed by atoms with Gasteiger partial charge in [0.25, 0.3) is 5.91 Å². The van der Waals surface area contributed by atoms with Gasteiger partial charge in [-0.1, -0.05) is 6.07 Å². The third-order valence-corrected chi connectivity index (χ3v) is 3.00. The predicted octanol–water partition coefficient (Wildman–Crippen LogP) is 1.98. The summed E-state index contributed by atoms with van der Waals surface area (Å²) in [5.41, 5.74) is 13.9. The van der Waals surface area contributed by atoms with Crippen LogP contribution in [-0.4, -0.2) is 16.1 Å². The number of carbonyl (C=O) groups is 1. The van der Waals surface area contributed by atoms with Crippen LogP contribution in [0.1, 0.15) is 10.4 Å². The molecule has 3 rings (SSSR count). The molecule has 0 atom stereocenters. The highest BCUT2D eigenvalue weighted by atomic mass is 16.1. The summed E-state index contributed by atoms with van der Waals surface area (Å²) in [4.78, 5) is 12.1. The molecule has 6 N–H and O–H groups in total. The standard InChI is InChI=1S/C14H13N5O/c15-9-3-1-2-8(6-9)14(20)17-10-4-5-12-11(7-10)13(16)19-18-12/h1-7H,15H2,(H,17,20)(H3,16,18,19). The van der Waals surface area contributed by atoms with Gasteiger partial charge in [-0.15, -0.1) is 0 Å². The summed E-state index contributed by atoms with van der Waals surface area (Å²) in [6.07, 6.45) is 0. The van der Waals surface area contributed by atoms with E-state index >= 15 is 0 Å². The third kappa shape index (κ3) is 2.14. The van der Waals surface area contributed by atoms with Crippen molar-refractivity contribution in [1.29, 1.82) is 0 Å². The first-order valence-electron chi connectivity index (χ1n) is 6.04. The highest BCUT2D eigenvalue weighted by Crippen LogP contribution is 2.22. The molecule has 0 unspecified atom stereocenters. The van der Waals surface area contributed by atoms with Gasteiger partial charge in [-0.3, -0.25) is 9.89 Å². The van der Waals surface area contributed by atoms with Crippen LogP contribution in [0.15, 0.2) is 42.5 Å². The minimum Gasteiger partial charge on any atom is -0.399 e. The number of carbonyl (C=O) groups excluding carboxylic acids is 1. The number of nitrogens with zero attached hydrogens (tertiary/aromatic N) is 1. The summed E-state index contributed by atoms with van der Waals surface area (Å²) in [6.45, 7) is 0. The number of aromatic nitrogens is 2. The van der Waals surface area contributed by atoms with Crippen LogP contribution in [0.25, 0.3) is 10.9 Å². The maximum Gasteiger partial charge on any atom is 0.255 e. The number of benzene rings is 2. The number of aromatic amines is 1. The van der Waals surface area contributed by atoms with E-state index in [-0.39, 0.29) is 5.91 Å². The lowest BCUT2D eigenvalue weighted by atomic mass is 10.1. The molecule has 1 heterocycles. The quantitative estimate of drug-likeness (QED) is 0.532. The van der Waals surface area contributed by atoms with Crippen molar-refractivity contribution in [3.05, 3.63) is 48.0 Å². The molecular weight excluding hydrogens is 254 g/mol. The molecule has 0 fully saturated rings. The van der Waals surface area contributed by atoms with E-state index in [0.29, 0.717) is 22.8 Å². The molecule has 1 amide bonds. The number of nitrogens with two attached hydrogens (primary N) is 2. The molecule has 3 aromatic rings. The molecule has 0 spiro atoms. The molecule has 0 aliphatic carbocycles. The number of nitrogen functional groups attached to an aromatic ring is 2. The first-order valence-corrected chi connectivity index (χ1v) is 6.04.